The molecule has 3 aromatic rings. The molecule has 0 aromatic heterocycles. The van der Waals surface area contributed by atoms with Crippen LogP contribution in [-0.4, -0.2) is 33.4 Å². The minimum absolute atomic E-state index is 0.0390. The number of esters is 1. The lowest BCUT2D eigenvalue weighted by Gasteiger charge is -2.26. The van der Waals surface area contributed by atoms with E-state index in [0.29, 0.717) is 16.3 Å². The Hall–Kier alpha value is -3.07. The molecule has 0 unspecified atom stereocenters. The minimum atomic E-state index is -4.10. The predicted octanol–water partition coefficient (Wildman–Crippen LogP) is 5.62. The van der Waals surface area contributed by atoms with Gasteiger partial charge in [0, 0.05) is 10.7 Å². The first-order valence-electron chi connectivity index (χ1n) is 10.7. The van der Waals surface area contributed by atoms with Crippen molar-refractivity contribution in [2.75, 3.05) is 22.8 Å². The largest absolute Gasteiger partial charge is 0.462 e. The molecule has 1 amide bonds. The third-order valence-corrected chi connectivity index (χ3v) is 7.65. The molecule has 0 heterocycles. The van der Waals surface area contributed by atoms with Crippen LogP contribution in [0.1, 0.15) is 28.4 Å². The molecule has 10 heteroatoms. The summed E-state index contributed by atoms with van der Waals surface area (Å²) >= 11 is 12.4. The van der Waals surface area contributed by atoms with Crippen molar-refractivity contribution in [1.82, 2.24) is 0 Å². The van der Waals surface area contributed by atoms with Gasteiger partial charge in [-0.3, -0.25) is 9.10 Å². The van der Waals surface area contributed by atoms with E-state index in [1.54, 1.807) is 44.2 Å². The van der Waals surface area contributed by atoms with E-state index >= 15 is 0 Å². The molecule has 1 N–H and O–H groups in total. The van der Waals surface area contributed by atoms with Crippen LogP contribution in [0, 0.1) is 13.8 Å². The van der Waals surface area contributed by atoms with Gasteiger partial charge in [-0.15, -0.1) is 0 Å². The van der Waals surface area contributed by atoms with Gasteiger partial charge in [-0.1, -0.05) is 47.0 Å². The third-order valence-electron chi connectivity index (χ3n) is 5.15. The smallest absolute Gasteiger partial charge is 0.339 e. The van der Waals surface area contributed by atoms with Crippen molar-refractivity contribution in [3.05, 3.63) is 87.4 Å². The number of hydrogen-bond donors (Lipinski definition) is 1. The lowest BCUT2D eigenvalue weighted by molar-refractivity contribution is -0.114. The fourth-order valence-corrected chi connectivity index (χ4v) is 5.21. The number of hydrogen-bond acceptors (Lipinski definition) is 5. The second kappa shape index (κ2) is 11.1. The molecular formula is C25H24Cl2N2O5S. The number of halogens is 2. The molecule has 0 bridgehead atoms. The molecule has 0 fully saturated rings. The van der Waals surface area contributed by atoms with Crippen LogP contribution in [0.2, 0.25) is 10.0 Å². The van der Waals surface area contributed by atoms with Crippen LogP contribution in [0.4, 0.5) is 11.4 Å². The fraction of sp³-hybridized carbons (Fsp3) is 0.200. The number of ether oxygens (including phenoxy) is 1. The van der Waals surface area contributed by atoms with E-state index in [1.165, 1.54) is 30.3 Å². The maximum absolute atomic E-state index is 13.6. The molecular weight excluding hydrogens is 511 g/mol. The van der Waals surface area contributed by atoms with Crippen molar-refractivity contribution in [2.24, 2.45) is 0 Å². The molecule has 184 valence electrons. The van der Waals surface area contributed by atoms with Crippen LogP contribution < -0.4 is 9.62 Å². The molecule has 0 radical (unpaired) electrons. The maximum atomic E-state index is 13.6. The Kier molecular flexibility index (Phi) is 8.43. The van der Waals surface area contributed by atoms with Gasteiger partial charge in [-0.2, -0.15) is 0 Å². The van der Waals surface area contributed by atoms with Gasteiger partial charge in [0.2, 0.25) is 5.91 Å². The van der Waals surface area contributed by atoms with Crippen molar-refractivity contribution in [1.29, 1.82) is 0 Å². The summed E-state index contributed by atoms with van der Waals surface area (Å²) in [4.78, 5) is 25.0. The minimum Gasteiger partial charge on any atom is -0.462 e. The van der Waals surface area contributed by atoms with E-state index < -0.39 is 28.4 Å². The van der Waals surface area contributed by atoms with Crippen molar-refractivity contribution in [3.63, 3.8) is 0 Å². The number of sulfonamides is 1. The summed E-state index contributed by atoms with van der Waals surface area (Å²) in [5.74, 6) is -1.19. The van der Waals surface area contributed by atoms with Crippen molar-refractivity contribution in [3.8, 4) is 0 Å². The van der Waals surface area contributed by atoms with Gasteiger partial charge in [-0.25, -0.2) is 13.2 Å². The quantitative estimate of drug-likeness (QED) is 0.378. The van der Waals surface area contributed by atoms with Crippen LogP contribution in [0.3, 0.4) is 0 Å². The highest BCUT2D eigenvalue weighted by atomic mass is 35.5. The molecule has 0 aliphatic carbocycles. The highest BCUT2D eigenvalue weighted by Crippen LogP contribution is 2.31. The normalized spacial score (nSPS) is 11.1. The number of nitrogens with one attached hydrogen (secondary N) is 1. The number of aryl methyl sites for hydroxylation is 1. The molecule has 0 spiro atoms. The Labute approximate surface area is 214 Å². The SMILES string of the molecule is CCOC(=O)c1ccc(NC(=O)CN(c2cccc(Cl)c2C)S(=O)(=O)c2ccc(C)cc2)cc1Cl. The zero-order valence-corrected chi connectivity index (χ0v) is 21.7. The molecule has 0 saturated carbocycles. The summed E-state index contributed by atoms with van der Waals surface area (Å²) in [6.45, 7) is 4.89. The van der Waals surface area contributed by atoms with Gasteiger partial charge in [-0.05, 0) is 68.8 Å². The summed E-state index contributed by atoms with van der Waals surface area (Å²) in [5, 5.41) is 3.10. The lowest BCUT2D eigenvalue weighted by Crippen LogP contribution is -2.38. The van der Waals surface area contributed by atoms with Gasteiger partial charge in [0.15, 0.2) is 0 Å². The van der Waals surface area contributed by atoms with E-state index in [0.717, 1.165) is 9.87 Å². The molecule has 3 rings (SSSR count). The number of benzene rings is 3. The summed E-state index contributed by atoms with van der Waals surface area (Å²) in [6, 6.07) is 15.5. The molecule has 3 aromatic carbocycles. The highest BCUT2D eigenvalue weighted by molar-refractivity contribution is 7.92. The van der Waals surface area contributed by atoms with E-state index in [1.807, 2.05) is 6.92 Å². The summed E-state index contributed by atoms with van der Waals surface area (Å²) < 4.78 is 33.1. The first-order valence-corrected chi connectivity index (χ1v) is 12.8. The van der Waals surface area contributed by atoms with E-state index in [2.05, 4.69) is 5.32 Å². The number of rotatable bonds is 8. The van der Waals surface area contributed by atoms with Crippen LogP contribution >= 0.6 is 23.2 Å². The Morgan fingerprint density at radius 1 is 0.971 bits per heavy atom. The Balaban J connectivity index is 1.93. The molecule has 0 saturated heterocycles. The Morgan fingerprint density at radius 3 is 2.29 bits per heavy atom. The van der Waals surface area contributed by atoms with Crippen molar-refractivity contribution >= 4 is 56.5 Å². The average molecular weight is 535 g/mol. The Bertz CT molecular complexity index is 1360. The second-order valence-electron chi connectivity index (χ2n) is 7.67. The number of carbonyl (C=O) groups is 2. The molecule has 35 heavy (non-hydrogen) atoms. The summed E-state index contributed by atoms with van der Waals surface area (Å²) in [5.41, 5.74) is 2.15. The summed E-state index contributed by atoms with van der Waals surface area (Å²) in [7, 11) is -4.10. The van der Waals surface area contributed by atoms with Crippen LogP contribution in [0.5, 0.6) is 0 Å². The van der Waals surface area contributed by atoms with E-state index in [9.17, 15) is 18.0 Å². The van der Waals surface area contributed by atoms with Gasteiger partial charge >= 0.3 is 5.97 Å². The van der Waals surface area contributed by atoms with E-state index in [4.69, 9.17) is 27.9 Å². The Morgan fingerprint density at radius 2 is 1.66 bits per heavy atom. The predicted molar refractivity (Wildman–Crippen MR) is 138 cm³/mol. The number of nitrogens with zero attached hydrogens (tertiary/aromatic N) is 1. The zero-order valence-electron chi connectivity index (χ0n) is 19.3. The number of anilines is 2. The van der Waals surface area contributed by atoms with Gasteiger partial charge in [0.25, 0.3) is 10.0 Å². The fourth-order valence-electron chi connectivity index (χ4n) is 3.30. The second-order valence-corrected chi connectivity index (χ2v) is 10.3. The first kappa shape index (κ1) is 26.5. The topological polar surface area (TPSA) is 92.8 Å². The van der Waals surface area contributed by atoms with Crippen LogP contribution in [0.25, 0.3) is 0 Å². The van der Waals surface area contributed by atoms with Gasteiger partial charge in [0.1, 0.15) is 6.54 Å². The van der Waals surface area contributed by atoms with Crippen LogP contribution in [0.15, 0.2) is 65.6 Å². The van der Waals surface area contributed by atoms with Gasteiger partial charge in [0.05, 0.1) is 27.8 Å². The van der Waals surface area contributed by atoms with E-state index in [-0.39, 0.29) is 27.8 Å². The monoisotopic (exact) mass is 534 g/mol. The highest BCUT2D eigenvalue weighted by Gasteiger charge is 2.29. The lowest BCUT2D eigenvalue weighted by atomic mass is 10.2. The van der Waals surface area contributed by atoms with Crippen LogP contribution in [-0.2, 0) is 19.6 Å². The number of amides is 1. The third kappa shape index (κ3) is 6.14. The molecule has 0 aliphatic heterocycles. The van der Waals surface area contributed by atoms with Gasteiger partial charge < -0.3 is 10.1 Å². The first-order chi connectivity index (χ1) is 16.5. The average Bonchev–Trinajstić information content (AvgIpc) is 2.80. The maximum Gasteiger partial charge on any atom is 0.339 e. The number of carbonyl (C=O) groups excluding carboxylic acids is 2. The van der Waals surface area contributed by atoms with Crippen molar-refractivity contribution < 1.29 is 22.7 Å². The molecule has 0 atom stereocenters. The molecule has 7 nitrogen and oxygen atoms in total. The molecule has 0 aliphatic rings. The van der Waals surface area contributed by atoms with Crippen molar-refractivity contribution in [2.45, 2.75) is 25.7 Å². The summed E-state index contributed by atoms with van der Waals surface area (Å²) in [6.07, 6.45) is 0. The standard InChI is InChI=1S/C25H24Cl2N2O5S/c1-4-34-25(31)20-13-10-18(14-22(20)27)28-24(30)15-29(23-7-5-6-21(26)17(23)3)35(32,33)19-11-8-16(2)9-12-19/h5-14H,4,15H2,1-3H3,(H,28,30). The zero-order chi connectivity index (χ0) is 25.8.